The molecule has 0 aliphatic carbocycles. The quantitative estimate of drug-likeness (QED) is 0.695. The van der Waals surface area contributed by atoms with Crippen molar-refractivity contribution in [3.63, 3.8) is 0 Å². The minimum atomic E-state index is -1.91. The second-order valence-corrected chi connectivity index (χ2v) is 12.9. The molecule has 2 heterocycles. The minimum absolute atomic E-state index is 0.0220. The first-order valence-electron chi connectivity index (χ1n) is 8.43. The maximum atomic E-state index is 13.4. The van der Waals surface area contributed by atoms with E-state index in [1.54, 1.807) is 12.0 Å². The smallest absolute Gasteiger partial charge is 0.256 e. The Hall–Kier alpha value is -2.37. The normalized spacial score (nSPS) is 16.0. The largest absolute Gasteiger partial charge is 0.497 e. The fourth-order valence-corrected chi connectivity index (χ4v) is 5.41. The molecule has 2 aromatic carbocycles. The summed E-state index contributed by atoms with van der Waals surface area (Å²) in [6, 6.07) is 13.1. The van der Waals surface area contributed by atoms with Gasteiger partial charge in [-0.25, -0.2) is 4.99 Å². The number of aliphatic imine (C=N–C) groups is 1. The topological polar surface area (TPSA) is 41.9 Å². The molecular formula is C20H19ClN2O2Si. The van der Waals surface area contributed by atoms with Crippen molar-refractivity contribution in [2.45, 2.75) is 19.6 Å². The molecular weight excluding hydrogens is 364 g/mol. The fraction of sp³-hybridized carbons (Fsp3) is 0.200. The van der Waals surface area contributed by atoms with Gasteiger partial charge in [0.15, 0.2) is 0 Å². The highest BCUT2D eigenvalue weighted by molar-refractivity contribution is 6.91. The minimum Gasteiger partial charge on any atom is -0.497 e. The van der Waals surface area contributed by atoms with Crippen molar-refractivity contribution in [3.8, 4) is 5.75 Å². The number of halogens is 1. The molecule has 0 spiro atoms. The van der Waals surface area contributed by atoms with Gasteiger partial charge >= 0.3 is 0 Å². The van der Waals surface area contributed by atoms with Crippen LogP contribution in [0, 0.1) is 0 Å². The maximum Gasteiger partial charge on any atom is 0.256 e. The lowest BCUT2D eigenvalue weighted by Gasteiger charge is -2.21. The highest BCUT2D eigenvalue weighted by atomic mass is 35.5. The van der Waals surface area contributed by atoms with E-state index in [2.05, 4.69) is 19.6 Å². The molecule has 1 amide bonds. The molecule has 0 bridgehead atoms. The molecule has 0 saturated heterocycles. The molecule has 0 aromatic heterocycles. The van der Waals surface area contributed by atoms with Gasteiger partial charge in [0.1, 0.15) is 11.6 Å². The summed E-state index contributed by atoms with van der Waals surface area (Å²) in [6.07, 6.45) is 0. The third-order valence-electron chi connectivity index (χ3n) is 4.64. The van der Waals surface area contributed by atoms with Gasteiger partial charge in [-0.1, -0.05) is 31.2 Å². The number of anilines is 1. The van der Waals surface area contributed by atoms with Crippen LogP contribution in [0.25, 0.3) is 5.57 Å². The van der Waals surface area contributed by atoms with Gasteiger partial charge < -0.3 is 4.74 Å². The molecule has 4 nitrogen and oxygen atoms in total. The van der Waals surface area contributed by atoms with Gasteiger partial charge in [0.2, 0.25) is 0 Å². The summed E-state index contributed by atoms with van der Waals surface area (Å²) in [7, 11) is -0.286. The molecule has 132 valence electrons. The fourth-order valence-electron chi connectivity index (χ4n) is 3.49. The lowest BCUT2D eigenvalue weighted by atomic mass is 10.1. The van der Waals surface area contributed by atoms with Crippen molar-refractivity contribution in [2.24, 2.45) is 4.99 Å². The lowest BCUT2D eigenvalue weighted by molar-refractivity contribution is -0.113. The maximum absolute atomic E-state index is 13.4. The van der Waals surface area contributed by atoms with E-state index in [4.69, 9.17) is 21.3 Å². The Balaban J connectivity index is 1.91. The number of fused-ring (bicyclic) bond motifs is 3. The van der Waals surface area contributed by atoms with Crippen LogP contribution in [0.4, 0.5) is 11.4 Å². The van der Waals surface area contributed by atoms with E-state index < -0.39 is 8.07 Å². The van der Waals surface area contributed by atoms with E-state index in [1.165, 1.54) is 0 Å². The lowest BCUT2D eigenvalue weighted by Crippen LogP contribution is -2.36. The third-order valence-corrected chi connectivity index (χ3v) is 6.84. The van der Waals surface area contributed by atoms with Gasteiger partial charge in [0.25, 0.3) is 5.91 Å². The molecule has 2 aromatic rings. The molecule has 2 aliphatic rings. The van der Waals surface area contributed by atoms with Crippen LogP contribution in [0.15, 0.2) is 52.7 Å². The highest BCUT2D eigenvalue weighted by Crippen LogP contribution is 2.46. The van der Waals surface area contributed by atoms with Crippen LogP contribution in [0.3, 0.4) is 0 Å². The summed E-state index contributed by atoms with van der Waals surface area (Å²) in [4.78, 5) is 19.9. The predicted molar refractivity (Wildman–Crippen MR) is 109 cm³/mol. The molecule has 0 saturated carbocycles. The van der Waals surface area contributed by atoms with Crippen LogP contribution in [-0.2, 0) is 4.79 Å². The van der Waals surface area contributed by atoms with E-state index in [-0.39, 0.29) is 5.91 Å². The van der Waals surface area contributed by atoms with Crippen molar-refractivity contribution < 1.29 is 9.53 Å². The van der Waals surface area contributed by atoms with Crippen molar-refractivity contribution in [2.75, 3.05) is 12.0 Å². The monoisotopic (exact) mass is 382 g/mol. The molecule has 2 aliphatic heterocycles. The average molecular weight is 383 g/mol. The van der Waals surface area contributed by atoms with Gasteiger partial charge in [-0.05, 0) is 42.5 Å². The number of hydrogen-bond acceptors (Lipinski definition) is 3. The zero-order valence-corrected chi connectivity index (χ0v) is 16.9. The summed E-state index contributed by atoms with van der Waals surface area (Å²) in [5.74, 6) is 1.48. The van der Waals surface area contributed by atoms with Crippen LogP contribution in [0.5, 0.6) is 5.75 Å². The molecule has 4 rings (SSSR count). The van der Waals surface area contributed by atoms with Crippen molar-refractivity contribution >= 4 is 48.4 Å². The number of nitrogens with zero attached hydrogens (tertiary/aromatic N) is 2. The summed E-state index contributed by atoms with van der Waals surface area (Å²) in [6.45, 7) is 6.56. The highest BCUT2D eigenvalue weighted by Gasteiger charge is 2.46. The Morgan fingerprint density at radius 1 is 1.08 bits per heavy atom. The third kappa shape index (κ3) is 2.50. The van der Waals surface area contributed by atoms with Crippen molar-refractivity contribution in [1.29, 1.82) is 0 Å². The Bertz CT molecular complexity index is 988. The van der Waals surface area contributed by atoms with Crippen molar-refractivity contribution in [3.05, 3.63) is 58.2 Å². The zero-order chi connectivity index (χ0) is 18.6. The number of hydrogen-bond donors (Lipinski definition) is 0. The predicted octanol–water partition coefficient (Wildman–Crippen LogP) is 5.07. The van der Waals surface area contributed by atoms with E-state index in [0.717, 1.165) is 33.5 Å². The average Bonchev–Trinajstić information content (AvgIpc) is 3.07. The van der Waals surface area contributed by atoms with Gasteiger partial charge in [-0.3, -0.25) is 9.69 Å². The first-order chi connectivity index (χ1) is 12.3. The number of carbonyl (C=O) groups excluding carboxylic acids is 1. The van der Waals surface area contributed by atoms with Gasteiger partial charge in [-0.2, -0.15) is 0 Å². The first kappa shape index (κ1) is 17.1. The summed E-state index contributed by atoms with van der Waals surface area (Å²) in [5.41, 5.74) is 3.55. The number of methoxy groups -OCH3 is 1. The van der Waals surface area contributed by atoms with Crippen LogP contribution < -0.4 is 9.64 Å². The van der Waals surface area contributed by atoms with Gasteiger partial charge in [-0.15, -0.1) is 0 Å². The Morgan fingerprint density at radius 2 is 1.77 bits per heavy atom. The van der Waals surface area contributed by atoms with E-state index in [1.807, 2.05) is 42.5 Å². The van der Waals surface area contributed by atoms with E-state index in [9.17, 15) is 4.79 Å². The van der Waals surface area contributed by atoms with E-state index in [0.29, 0.717) is 10.9 Å². The SMILES string of the molecule is COc1ccc(N2C(=O)C([Si](C)(C)C)=C3C2=Nc2ccc(Cl)cc23)cc1. The molecule has 6 heteroatoms. The molecule has 26 heavy (non-hydrogen) atoms. The number of rotatable bonds is 3. The number of carbonyl (C=O) groups is 1. The molecule has 0 atom stereocenters. The Labute approximate surface area is 158 Å². The number of amidine groups is 1. The summed E-state index contributed by atoms with van der Waals surface area (Å²) in [5, 5.41) is 1.55. The second-order valence-electron chi connectivity index (χ2n) is 7.44. The Kier molecular flexibility index (Phi) is 3.82. The zero-order valence-electron chi connectivity index (χ0n) is 15.1. The summed E-state index contributed by atoms with van der Waals surface area (Å²) >= 11 is 6.22. The van der Waals surface area contributed by atoms with Gasteiger partial charge in [0.05, 0.1) is 26.6 Å². The van der Waals surface area contributed by atoms with Crippen LogP contribution in [-0.4, -0.2) is 26.9 Å². The molecule has 0 N–H and O–H groups in total. The first-order valence-corrected chi connectivity index (χ1v) is 12.3. The van der Waals surface area contributed by atoms with Gasteiger partial charge in [0, 0.05) is 21.4 Å². The summed E-state index contributed by atoms with van der Waals surface area (Å²) < 4.78 is 5.23. The molecule has 0 radical (unpaired) electrons. The standard InChI is InChI=1S/C20H19ClN2O2Si/c1-25-14-8-6-13(7-9-14)23-19-17(18(20(23)24)26(2,3)4)15-11-12(21)5-10-16(15)22-19/h5-11H,1-4H3. The van der Waals surface area contributed by atoms with Crippen LogP contribution in [0.1, 0.15) is 5.56 Å². The number of ether oxygens (including phenoxy) is 1. The molecule has 0 fully saturated rings. The van der Waals surface area contributed by atoms with Crippen molar-refractivity contribution in [1.82, 2.24) is 0 Å². The van der Waals surface area contributed by atoms with E-state index >= 15 is 0 Å². The Morgan fingerprint density at radius 3 is 2.38 bits per heavy atom. The molecule has 0 unspecified atom stereocenters. The van der Waals surface area contributed by atoms with Crippen LogP contribution >= 0.6 is 11.6 Å². The second kappa shape index (κ2) is 5.82. The number of amides is 1. The number of benzene rings is 2. The van der Waals surface area contributed by atoms with Crippen LogP contribution in [0.2, 0.25) is 24.7 Å².